The first kappa shape index (κ1) is 13.6. The van der Waals surface area contributed by atoms with Crippen molar-refractivity contribution in [3.63, 3.8) is 0 Å². The fourth-order valence-corrected chi connectivity index (χ4v) is 1.33. The van der Waals surface area contributed by atoms with Crippen LogP contribution >= 0.6 is 0 Å². The molecular formula is C12H21N3O2. The van der Waals surface area contributed by atoms with E-state index >= 15 is 0 Å². The maximum Gasteiger partial charge on any atom is 0.189 e. The van der Waals surface area contributed by atoms with Crippen molar-refractivity contribution < 1.29 is 9.52 Å². The first-order valence-electron chi connectivity index (χ1n) is 5.55. The second-order valence-corrected chi connectivity index (χ2v) is 5.33. The van der Waals surface area contributed by atoms with Crippen molar-refractivity contribution >= 4 is 5.96 Å². The highest BCUT2D eigenvalue weighted by atomic mass is 16.4. The minimum absolute atomic E-state index is 0.148. The van der Waals surface area contributed by atoms with Crippen LogP contribution in [0.5, 0.6) is 0 Å². The summed E-state index contributed by atoms with van der Waals surface area (Å²) < 4.78 is 5.15. The summed E-state index contributed by atoms with van der Waals surface area (Å²) in [7, 11) is 0. The summed E-state index contributed by atoms with van der Waals surface area (Å²) >= 11 is 0. The van der Waals surface area contributed by atoms with Gasteiger partial charge in [0.2, 0.25) is 0 Å². The highest BCUT2D eigenvalue weighted by molar-refractivity contribution is 5.78. The third-order valence-electron chi connectivity index (χ3n) is 2.11. The Bertz CT molecular complexity index is 375. The Morgan fingerprint density at radius 2 is 2.12 bits per heavy atom. The summed E-state index contributed by atoms with van der Waals surface area (Å²) in [4.78, 5) is 4.11. The molecule has 5 heteroatoms. The van der Waals surface area contributed by atoms with Crippen LogP contribution in [0.1, 0.15) is 33.5 Å². The number of aliphatic hydroxyl groups is 1. The molecule has 4 N–H and O–H groups in total. The molecule has 0 amide bonds. The van der Waals surface area contributed by atoms with E-state index in [0.717, 1.165) is 0 Å². The minimum atomic E-state index is -1.15. The quantitative estimate of drug-likeness (QED) is 0.546. The van der Waals surface area contributed by atoms with Gasteiger partial charge in [-0.05, 0) is 39.8 Å². The number of rotatable bonds is 3. The summed E-state index contributed by atoms with van der Waals surface area (Å²) in [6, 6.07) is 3.44. The van der Waals surface area contributed by atoms with E-state index in [-0.39, 0.29) is 12.1 Å². The Morgan fingerprint density at radius 1 is 1.47 bits per heavy atom. The topological polar surface area (TPSA) is 83.8 Å². The molecule has 96 valence electrons. The zero-order valence-corrected chi connectivity index (χ0v) is 10.8. The summed E-state index contributed by atoms with van der Waals surface area (Å²) in [5.41, 5.74) is 4.42. The number of nitrogens with two attached hydrogens (primary N) is 1. The van der Waals surface area contributed by atoms with Gasteiger partial charge < -0.3 is 20.6 Å². The third kappa shape index (κ3) is 4.48. The molecule has 0 aliphatic heterocycles. The number of nitrogens with one attached hydrogen (secondary N) is 1. The number of aliphatic imine (C=N–C) groups is 1. The summed E-state index contributed by atoms with van der Waals surface area (Å²) in [5, 5.41) is 13.2. The predicted octanol–water partition coefficient (Wildman–Crippen LogP) is 1.19. The lowest BCUT2D eigenvalue weighted by Gasteiger charge is -2.23. The van der Waals surface area contributed by atoms with Crippen LogP contribution < -0.4 is 11.1 Å². The lowest BCUT2D eigenvalue weighted by Crippen LogP contribution is -2.45. The van der Waals surface area contributed by atoms with Crippen LogP contribution in [0.2, 0.25) is 0 Å². The molecule has 0 aromatic carbocycles. The molecule has 17 heavy (non-hydrogen) atoms. The van der Waals surface area contributed by atoms with Crippen molar-refractivity contribution in [1.29, 1.82) is 0 Å². The molecule has 0 aliphatic rings. The molecule has 0 bridgehead atoms. The lowest BCUT2D eigenvalue weighted by molar-refractivity contribution is 0.0437. The molecule has 5 nitrogen and oxygen atoms in total. The Balaban J connectivity index is 2.63. The largest absolute Gasteiger partial charge is 0.466 e. The average Bonchev–Trinajstić information content (AvgIpc) is 2.65. The number of nitrogens with zero attached hydrogens (tertiary/aromatic N) is 1. The fraction of sp³-hybridized carbons (Fsp3) is 0.583. The van der Waals surface area contributed by atoms with E-state index < -0.39 is 5.60 Å². The van der Waals surface area contributed by atoms with Crippen LogP contribution in [0, 0.1) is 0 Å². The van der Waals surface area contributed by atoms with Crippen LogP contribution in [-0.2, 0) is 5.60 Å². The van der Waals surface area contributed by atoms with Crippen molar-refractivity contribution in [2.75, 3.05) is 6.54 Å². The van der Waals surface area contributed by atoms with Crippen molar-refractivity contribution in [2.24, 2.45) is 10.7 Å². The molecule has 0 radical (unpaired) electrons. The molecule has 1 heterocycles. The molecule has 0 saturated carbocycles. The van der Waals surface area contributed by atoms with E-state index in [1.54, 1.807) is 19.1 Å². The van der Waals surface area contributed by atoms with Crippen LogP contribution in [0.15, 0.2) is 27.8 Å². The Labute approximate surface area is 102 Å². The summed E-state index contributed by atoms with van der Waals surface area (Å²) in [5.74, 6) is 0.786. The third-order valence-corrected chi connectivity index (χ3v) is 2.11. The van der Waals surface area contributed by atoms with E-state index in [0.29, 0.717) is 11.7 Å². The van der Waals surface area contributed by atoms with Gasteiger partial charge in [-0.15, -0.1) is 0 Å². The molecule has 0 spiro atoms. The molecule has 1 unspecified atom stereocenters. The van der Waals surface area contributed by atoms with E-state index in [9.17, 15) is 5.11 Å². The first-order chi connectivity index (χ1) is 7.71. The van der Waals surface area contributed by atoms with Gasteiger partial charge in [0.1, 0.15) is 11.4 Å². The Morgan fingerprint density at radius 3 is 2.59 bits per heavy atom. The van der Waals surface area contributed by atoms with Crippen LogP contribution in [-0.4, -0.2) is 23.1 Å². The van der Waals surface area contributed by atoms with Crippen molar-refractivity contribution in [1.82, 2.24) is 5.32 Å². The fourth-order valence-electron chi connectivity index (χ4n) is 1.33. The molecule has 0 fully saturated rings. The molecule has 0 aliphatic carbocycles. The zero-order valence-electron chi connectivity index (χ0n) is 10.8. The van der Waals surface area contributed by atoms with Crippen LogP contribution in [0.25, 0.3) is 0 Å². The highest BCUT2D eigenvalue weighted by Crippen LogP contribution is 2.20. The van der Waals surface area contributed by atoms with E-state index in [2.05, 4.69) is 10.3 Å². The summed E-state index contributed by atoms with van der Waals surface area (Å²) in [6.07, 6.45) is 1.52. The van der Waals surface area contributed by atoms with Crippen molar-refractivity contribution in [2.45, 2.75) is 38.8 Å². The summed E-state index contributed by atoms with van der Waals surface area (Å²) in [6.45, 7) is 7.75. The maximum atomic E-state index is 10.1. The average molecular weight is 239 g/mol. The molecule has 1 rings (SSSR count). The van der Waals surface area contributed by atoms with Crippen LogP contribution in [0.4, 0.5) is 0 Å². The standard InChI is InChI=1S/C12H21N3O2/c1-11(2,3)15-10(13)14-8-12(4,16)9-6-5-7-17-9/h5-7,16H,8H2,1-4H3,(H3,13,14,15). The van der Waals surface area contributed by atoms with Gasteiger partial charge in [-0.25, -0.2) is 4.99 Å². The van der Waals surface area contributed by atoms with E-state index in [1.165, 1.54) is 6.26 Å². The van der Waals surface area contributed by atoms with E-state index in [1.807, 2.05) is 20.8 Å². The Hall–Kier alpha value is -1.49. The van der Waals surface area contributed by atoms with Crippen molar-refractivity contribution in [3.05, 3.63) is 24.2 Å². The number of guanidine groups is 1. The van der Waals surface area contributed by atoms with Gasteiger partial charge in [0.05, 0.1) is 12.8 Å². The van der Waals surface area contributed by atoms with Gasteiger partial charge in [0.25, 0.3) is 0 Å². The molecule has 0 saturated heterocycles. The number of hydrogen-bond acceptors (Lipinski definition) is 3. The van der Waals surface area contributed by atoms with Gasteiger partial charge in [-0.3, -0.25) is 0 Å². The lowest BCUT2D eigenvalue weighted by atomic mass is 10.0. The minimum Gasteiger partial charge on any atom is -0.466 e. The number of furan rings is 1. The van der Waals surface area contributed by atoms with Gasteiger partial charge in [0, 0.05) is 5.54 Å². The number of hydrogen-bond donors (Lipinski definition) is 3. The van der Waals surface area contributed by atoms with Crippen LogP contribution in [0.3, 0.4) is 0 Å². The normalized spacial score (nSPS) is 16.6. The SMILES string of the molecule is CC(C)(C)NC(N)=NCC(C)(O)c1ccco1. The maximum absolute atomic E-state index is 10.1. The predicted molar refractivity (Wildman–Crippen MR) is 67.7 cm³/mol. The van der Waals surface area contributed by atoms with Crippen molar-refractivity contribution in [3.8, 4) is 0 Å². The molecule has 1 aromatic rings. The first-order valence-corrected chi connectivity index (χ1v) is 5.55. The molecular weight excluding hydrogens is 218 g/mol. The second kappa shape index (κ2) is 4.79. The van der Waals surface area contributed by atoms with Gasteiger partial charge in [0.15, 0.2) is 5.96 Å². The van der Waals surface area contributed by atoms with Gasteiger partial charge in [-0.1, -0.05) is 0 Å². The second-order valence-electron chi connectivity index (χ2n) is 5.33. The van der Waals surface area contributed by atoms with E-state index in [4.69, 9.17) is 10.2 Å². The highest BCUT2D eigenvalue weighted by Gasteiger charge is 2.26. The van der Waals surface area contributed by atoms with Gasteiger partial charge >= 0.3 is 0 Å². The smallest absolute Gasteiger partial charge is 0.189 e. The monoisotopic (exact) mass is 239 g/mol. The molecule has 1 aromatic heterocycles. The zero-order chi connectivity index (χ0) is 13.1. The van der Waals surface area contributed by atoms with Gasteiger partial charge in [-0.2, -0.15) is 0 Å². The Kier molecular flexibility index (Phi) is 3.83. The molecule has 1 atom stereocenters.